The molecular formula is C20H20N4O2. The van der Waals surface area contributed by atoms with E-state index in [0.29, 0.717) is 6.04 Å². The normalized spacial score (nSPS) is 15.1. The van der Waals surface area contributed by atoms with E-state index in [1.807, 2.05) is 24.3 Å². The first-order valence-corrected chi connectivity index (χ1v) is 8.99. The molecule has 0 spiro atoms. The van der Waals surface area contributed by atoms with Gasteiger partial charge in [0.15, 0.2) is 5.82 Å². The van der Waals surface area contributed by atoms with Gasteiger partial charge in [0.1, 0.15) is 5.69 Å². The van der Waals surface area contributed by atoms with Crippen LogP contribution < -0.4 is 5.32 Å². The average molecular weight is 348 g/mol. The number of non-ortho nitro benzene ring substituents is 1. The van der Waals surface area contributed by atoms with Crippen molar-refractivity contribution in [2.75, 3.05) is 5.32 Å². The largest absolute Gasteiger partial charge is 0.366 e. The van der Waals surface area contributed by atoms with Gasteiger partial charge in [-0.05, 0) is 37.1 Å². The number of hydrogen-bond donors (Lipinski definition) is 1. The molecule has 6 nitrogen and oxygen atoms in total. The Balaban J connectivity index is 1.77. The van der Waals surface area contributed by atoms with Crippen LogP contribution in [-0.4, -0.2) is 20.9 Å². The lowest BCUT2D eigenvalue weighted by Gasteiger charge is -2.24. The summed E-state index contributed by atoms with van der Waals surface area (Å²) in [5.41, 5.74) is 3.30. The van der Waals surface area contributed by atoms with Crippen molar-refractivity contribution in [3.63, 3.8) is 0 Å². The van der Waals surface area contributed by atoms with Crippen LogP contribution in [0.5, 0.6) is 0 Å². The van der Waals surface area contributed by atoms with Crippen molar-refractivity contribution in [2.45, 2.75) is 38.1 Å². The van der Waals surface area contributed by atoms with Gasteiger partial charge in [-0.15, -0.1) is 0 Å². The maximum Gasteiger partial charge on any atom is 0.269 e. The molecule has 0 aliphatic heterocycles. The van der Waals surface area contributed by atoms with Crippen LogP contribution in [0.4, 0.5) is 11.5 Å². The van der Waals surface area contributed by atoms with E-state index in [0.717, 1.165) is 41.0 Å². The van der Waals surface area contributed by atoms with Gasteiger partial charge in [0, 0.05) is 23.7 Å². The fourth-order valence-corrected chi connectivity index (χ4v) is 3.48. The molecule has 1 aliphatic carbocycles. The number of fused-ring (bicyclic) bond motifs is 1. The quantitative estimate of drug-likeness (QED) is 0.533. The average Bonchev–Trinajstić information content (AvgIpc) is 2.68. The Morgan fingerprint density at radius 2 is 1.58 bits per heavy atom. The van der Waals surface area contributed by atoms with Crippen LogP contribution in [-0.2, 0) is 0 Å². The molecule has 0 radical (unpaired) electrons. The van der Waals surface area contributed by atoms with Crippen LogP contribution in [0, 0.1) is 10.1 Å². The molecular weight excluding hydrogens is 328 g/mol. The first-order valence-electron chi connectivity index (χ1n) is 8.99. The molecule has 1 aliphatic rings. The summed E-state index contributed by atoms with van der Waals surface area (Å²) < 4.78 is 0. The number of nitrogens with one attached hydrogen (secondary N) is 1. The van der Waals surface area contributed by atoms with E-state index >= 15 is 0 Å². The first-order chi connectivity index (χ1) is 12.7. The number of hydrogen-bond acceptors (Lipinski definition) is 5. The number of aromatic nitrogens is 2. The number of nitrogens with zero attached hydrogens (tertiary/aromatic N) is 3. The molecule has 1 aromatic heterocycles. The first kappa shape index (κ1) is 16.4. The molecule has 1 fully saturated rings. The van der Waals surface area contributed by atoms with Crippen molar-refractivity contribution in [2.24, 2.45) is 0 Å². The third-order valence-electron chi connectivity index (χ3n) is 4.87. The van der Waals surface area contributed by atoms with Gasteiger partial charge in [0.05, 0.1) is 16.0 Å². The number of rotatable bonds is 4. The Hall–Kier alpha value is -3.02. The predicted octanol–water partition coefficient (Wildman–Crippen LogP) is 4.95. The fraction of sp³-hybridized carbons (Fsp3) is 0.300. The van der Waals surface area contributed by atoms with Crippen molar-refractivity contribution in [3.8, 4) is 11.3 Å². The van der Waals surface area contributed by atoms with Gasteiger partial charge >= 0.3 is 0 Å². The summed E-state index contributed by atoms with van der Waals surface area (Å²) in [7, 11) is 0. The van der Waals surface area contributed by atoms with Gasteiger partial charge in [0.2, 0.25) is 0 Å². The highest BCUT2D eigenvalue weighted by Crippen LogP contribution is 2.30. The zero-order valence-electron chi connectivity index (χ0n) is 14.4. The number of para-hydroxylation sites is 2. The molecule has 2 aromatic carbocycles. The van der Waals surface area contributed by atoms with Gasteiger partial charge in [-0.25, -0.2) is 9.97 Å². The summed E-state index contributed by atoms with van der Waals surface area (Å²) in [6.45, 7) is 0. The number of anilines is 1. The Bertz CT molecular complexity index is 934. The minimum absolute atomic E-state index is 0.0734. The van der Waals surface area contributed by atoms with E-state index in [9.17, 15) is 10.1 Å². The van der Waals surface area contributed by atoms with Crippen LogP contribution in [0.25, 0.3) is 22.3 Å². The van der Waals surface area contributed by atoms with E-state index in [4.69, 9.17) is 9.97 Å². The standard InChI is InChI=1S/C20H20N4O2/c25-24(26)16-12-10-14(11-13-16)19-20(21-15-6-2-1-3-7-15)23-18-9-5-4-8-17(18)22-19/h4-5,8-13,15H,1-3,6-7H2,(H,21,23). The number of nitro groups is 1. The maximum absolute atomic E-state index is 10.9. The highest BCUT2D eigenvalue weighted by molar-refractivity contribution is 5.83. The van der Waals surface area contributed by atoms with E-state index < -0.39 is 4.92 Å². The molecule has 3 aromatic rings. The van der Waals surface area contributed by atoms with Crippen molar-refractivity contribution >= 4 is 22.5 Å². The molecule has 1 N–H and O–H groups in total. The Morgan fingerprint density at radius 3 is 2.23 bits per heavy atom. The molecule has 0 bridgehead atoms. The third kappa shape index (κ3) is 3.35. The minimum atomic E-state index is -0.392. The predicted molar refractivity (Wildman–Crippen MR) is 102 cm³/mol. The summed E-state index contributed by atoms with van der Waals surface area (Å²) in [5.74, 6) is 0.754. The third-order valence-corrected chi connectivity index (χ3v) is 4.87. The zero-order chi connectivity index (χ0) is 17.9. The zero-order valence-corrected chi connectivity index (χ0v) is 14.4. The smallest absolute Gasteiger partial charge is 0.269 e. The van der Waals surface area contributed by atoms with Gasteiger partial charge in [-0.2, -0.15) is 0 Å². The summed E-state index contributed by atoms with van der Waals surface area (Å²) in [5, 5.41) is 14.5. The second-order valence-electron chi connectivity index (χ2n) is 6.69. The Labute approximate surface area is 151 Å². The molecule has 26 heavy (non-hydrogen) atoms. The van der Waals surface area contributed by atoms with Gasteiger partial charge in [-0.1, -0.05) is 31.4 Å². The molecule has 132 valence electrons. The van der Waals surface area contributed by atoms with Gasteiger partial charge in [-0.3, -0.25) is 10.1 Å². The van der Waals surface area contributed by atoms with Crippen LogP contribution >= 0.6 is 0 Å². The SMILES string of the molecule is O=[N+]([O-])c1ccc(-c2nc3ccccc3nc2NC2CCCCC2)cc1. The fourth-order valence-electron chi connectivity index (χ4n) is 3.48. The molecule has 0 unspecified atom stereocenters. The van der Waals surface area contributed by atoms with E-state index in [1.165, 1.54) is 31.4 Å². The highest BCUT2D eigenvalue weighted by Gasteiger charge is 2.18. The minimum Gasteiger partial charge on any atom is -0.366 e. The van der Waals surface area contributed by atoms with E-state index in [1.54, 1.807) is 12.1 Å². The van der Waals surface area contributed by atoms with Gasteiger partial charge in [0.25, 0.3) is 5.69 Å². The van der Waals surface area contributed by atoms with Crippen LogP contribution in [0.1, 0.15) is 32.1 Å². The summed E-state index contributed by atoms with van der Waals surface area (Å²) in [4.78, 5) is 20.1. The maximum atomic E-state index is 10.9. The molecule has 4 rings (SSSR count). The van der Waals surface area contributed by atoms with Crippen molar-refractivity contribution in [1.29, 1.82) is 0 Å². The highest BCUT2D eigenvalue weighted by atomic mass is 16.6. The number of nitro benzene ring substituents is 1. The molecule has 1 saturated carbocycles. The van der Waals surface area contributed by atoms with Crippen LogP contribution in [0.3, 0.4) is 0 Å². The Morgan fingerprint density at radius 1 is 0.923 bits per heavy atom. The topological polar surface area (TPSA) is 81.0 Å². The van der Waals surface area contributed by atoms with Crippen LogP contribution in [0.15, 0.2) is 48.5 Å². The summed E-state index contributed by atoms with van der Waals surface area (Å²) in [6, 6.07) is 14.7. The molecule has 0 amide bonds. The number of benzene rings is 2. The Kier molecular flexibility index (Phi) is 4.48. The molecule has 0 atom stereocenters. The van der Waals surface area contributed by atoms with E-state index in [-0.39, 0.29) is 5.69 Å². The van der Waals surface area contributed by atoms with Crippen molar-refractivity contribution < 1.29 is 4.92 Å². The lowest BCUT2D eigenvalue weighted by molar-refractivity contribution is -0.384. The van der Waals surface area contributed by atoms with E-state index in [2.05, 4.69) is 5.32 Å². The molecule has 0 saturated heterocycles. The summed E-state index contributed by atoms with van der Waals surface area (Å²) >= 11 is 0. The second-order valence-corrected chi connectivity index (χ2v) is 6.69. The molecule has 6 heteroatoms. The lowest BCUT2D eigenvalue weighted by Crippen LogP contribution is -2.23. The lowest BCUT2D eigenvalue weighted by atomic mass is 9.95. The monoisotopic (exact) mass is 348 g/mol. The van der Waals surface area contributed by atoms with Crippen molar-refractivity contribution in [3.05, 3.63) is 58.6 Å². The molecule has 1 heterocycles. The second kappa shape index (κ2) is 7.07. The summed E-state index contributed by atoms with van der Waals surface area (Å²) in [6.07, 6.45) is 6.01. The van der Waals surface area contributed by atoms with Gasteiger partial charge < -0.3 is 5.32 Å². The van der Waals surface area contributed by atoms with Crippen molar-refractivity contribution in [1.82, 2.24) is 9.97 Å². The van der Waals surface area contributed by atoms with Crippen LogP contribution in [0.2, 0.25) is 0 Å².